The molecule has 2 amide bonds. The van der Waals surface area contributed by atoms with E-state index in [2.05, 4.69) is 36.2 Å². The van der Waals surface area contributed by atoms with Gasteiger partial charge in [0.1, 0.15) is 17.0 Å². The van der Waals surface area contributed by atoms with Gasteiger partial charge in [0, 0.05) is 23.3 Å². The van der Waals surface area contributed by atoms with Gasteiger partial charge in [0.25, 0.3) is 5.91 Å². The fourth-order valence-electron chi connectivity index (χ4n) is 3.78. The lowest BCUT2D eigenvalue weighted by Gasteiger charge is -2.34. The third-order valence-corrected chi connectivity index (χ3v) is 5.62. The second kappa shape index (κ2) is 7.78. The molecule has 2 aromatic rings. The number of fused-ring (bicyclic) bond motifs is 1. The van der Waals surface area contributed by atoms with E-state index < -0.39 is 5.91 Å². The first-order valence-electron chi connectivity index (χ1n) is 9.92. The number of amides is 2. The van der Waals surface area contributed by atoms with Crippen molar-refractivity contribution in [1.82, 2.24) is 10.5 Å². The third kappa shape index (κ3) is 4.03. The summed E-state index contributed by atoms with van der Waals surface area (Å²) in [4.78, 5) is 29.5. The van der Waals surface area contributed by atoms with E-state index in [0.29, 0.717) is 33.4 Å². The molecule has 1 aliphatic heterocycles. The Kier molecular flexibility index (Phi) is 5.27. The molecule has 1 N–H and O–H groups in total. The number of allylic oxidation sites excluding steroid dienone is 3. The Hall–Kier alpha value is -3.25. The van der Waals surface area contributed by atoms with Crippen LogP contribution < -0.4 is 5.32 Å². The number of rotatable bonds is 2. The van der Waals surface area contributed by atoms with Crippen LogP contribution in [0, 0.1) is 18.3 Å². The van der Waals surface area contributed by atoms with Crippen LogP contribution >= 0.6 is 11.6 Å². The number of carbonyl (C=O) groups excluding carboxylic acids is 2. The molecule has 0 saturated heterocycles. The summed E-state index contributed by atoms with van der Waals surface area (Å²) in [6, 6.07) is 7.11. The highest BCUT2D eigenvalue weighted by atomic mass is 35.5. The van der Waals surface area contributed by atoms with Gasteiger partial charge < -0.3 is 9.84 Å². The van der Waals surface area contributed by atoms with E-state index in [-0.39, 0.29) is 22.8 Å². The maximum Gasteiger partial charge on any atom is 0.283 e. The van der Waals surface area contributed by atoms with Gasteiger partial charge in [-0.1, -0.05) is 61.8 Å². The third-order valence-electron chi connectivity index (χ3n) is 5.29. The molecule has 2 aliphatic rings. The van der Waals surface area contributed by atoms with Crippen molar-refractivity contribution in [2.75, 3.05) is 0 Å². The van der Waals surface area contributed by atoms with Crippen LogP contribution in [-0.4, -0.2) is 22.7 Å². The number of halogens is 1. The number of benzene rings is 1. The Morgan fingerprint density at radius 3 is 2.68 bits per heavy atom. The molecule has 158 valence electrons. The van der Waals surface area contributed by atoms with Crippen molar-refractivity contribution in [3.8, 4) is 11.3 Å². The summed E-state index contributed by atoms with van der Waals surface area (Å²) in [5.41, 5.74) is 3.21. The van der Waals surface area contributed by atoms with Crippen LogP contribution in [0.2, 0.25) is 5.02 Å². The van der Waals surface area contributed by atoms with Gasteiger partial charge in [-0.25, -0.2) is 4.99 Å². The predicted molar refractivity (Wildman–Crippen MR) is 120 cm³/mol. The normalized spacial score (nSPS) is 19.6. The van der Waals surface area contributed by atoms with E-state index in [0.717, 1.165) is 5.57 Å². The van der Waals surface area contributed by atoms with Crippen LogP contribution in [-0.2, 0) is 4.79 Å². The molecule has 0 bridgehead atoms. The van der Waals surface area contributed by atoms with Crippen LogP contribution in [0.5, 0.6) is 0 Å². The van der Waals surface area contributed by atoms with E-state index in [1.807, 2.05) is 12.1 Å². The maximum atomic E-state index is 13.1. The number of nitrogens with one attached hydrogen (secondary N) is 1. The fraction of sp³-hybridized carbons (Fsp3) is 0.250. The second-order valence-corrected chi connectivity index (χ2v) is 8.97. The summed E-state index contributed by atoms with van der Waals surface area (Å²) in [6.45, 7) is 7.87. The highest BCUT2D eigenvalue weighted by Gasteiger charge is 2.33. The Balaban J connectivity index is 1.69. The van der Waals surface area contributed by atoms with Crippen LogP contribution in [0.15, 0.2) is 69.4 Å². The van der Waals surface area contributed by atoms with Gasteiger partial charge in [-0.05, 0) is 36.1 Å². The predicted octanol–water partition coefficient (Wildman–Crippen LogP) is 5.06. The second-order valence-electron chi connectivity index (χ2n) is 8.56. The number of hydrogen-bond acceptors (Lipinski definition) is 4. The topological polar surface area (TPSA) is 84.6 Å². The quantitative estimate of drug-likeness (QED) is 0.714. The average Bonchev–Trinajstić information content (AvgIpc) is 3.08. The molecule has 1 aromatic heterocycles. The average molecular weight is 436 g/mol. The number of nitrogens with zero attached hydrogens (tertiary/aromatic N) is 2. The monoisotopic (exact) mass is 435 g/mol. The largest absolute Gasteiger partial charge is 0.360 e. The molecule has 2 heterocycles. The van der Waals surface area contributed by atoms with E-state index in [1.54, 1.807) is 43.4 Å². The smallest absolute Gasteiger partial charge is 0.283 e. The molecule has 6 nitrogen and oxygen atoms in total. The van der Waals surface area contributed by atoms with Gasteiger partial charge in [0.05, 0.1) is 10.7 Å². The standard InChI is InChI=1S/C24H22ClN3O3/c1-13-21(22(28-31-13)16-7-5-6-8-18(16)25)23(30)26-14-9-10-15-17(24(2,3)4)12-20(29)27-19(15)11-14/h5-12,15H,1-4H3,(H,27,29). The van der Waals surface area contributed by atoms with Crippen molar-refractivity contribution in [3.05, 3.63) is 76.2 Å². The molecule has 0 spiro atoms. The summed E-state index contributed by atoms with van der Waals surface area (Å²) in [5, 5.41) is 7.36. The molecule has 0 saturated carbocycles. The lowest BCUT2D eigenvalue weighted by molar-refractivity contribution is -0.116. The van der Waals surface area contributed by atoms with Gasteiger partial charge in [0.2, 0.25) is 5.91 Å². The first-order chi connectivity index (χ1) is 14.6. The molecule has 0 fully saturated rings. The zero-order valence-corrected chi connectivity index (χ0v) is 18.4. The number of aromatic nitrogens is 1. The number of carbonyl (C=O) groups is 2. The molecule has 1 aliphatic carbocycles. The van der Waals surface area contributed by atoms with Gasteiger partial charge in [0.15, 0.2) is 0 Å². The van der Waals surface area contributed by atoms with Crippen molar-refractivity contribution in [2.24, 2.45) is 16.3 Å². The molecule has 1 atom stereocenters. The Bertz CT molecular complexity index is 1210. The summed E-state index contributed by atoms with van der Waals surface area (Å²) >= 11 is 6.28. The molecule has 7 heteroatoms. The summed E-state index contributed by atoms with van der Waals surface area (Å²) in [7, 11) is 0. The molecular formula is C24H22ClN3O3. The Morgan fingerprint density at radius 1 is 1.23 bits per heavy atom. The van der Waals surface area contributed by atoms with Crippen LogP contribution in [0.1, 0.15) is 36.9 Å². The lowest BCUT2D eigenvalue weighted by Crippen LogP contribution is -2.36. The van der Waals surface area contributed by atoms with Gasteiger partial charge in [-0.15, -0.1) is 0 Å². The zero-order chi connectivity index (χ0) is 22.3. The number of hydrogen-bond donors (Lipinski definition) is 1. The van der Waals surface area contributed by atoms with Gasteiger partial charge in [-0.2, -0.15) is 0 Å². The molecular weight excluding hydrogens is 414 g/mol. The van der Waals surface area contributed by atoms with Crippen LogP contribution in [0.3, 0.4) is 0 Å². The Morgan fingerprint density at radius 2 is 1.97 bits per heavy atom. The number of aryl methyl sites for hydroxylation is 1. The highest BCUT2D eigenvalue weighted by Crippen LogP contribution is 2.38. The molecule has 31 heavy (non-hydrogen) atoms. The molecule has 1 unspecified atom stereocenters. The van der Waals surface area contributed by atoms with Crippen molar-refractivity contribution in [3.63, 3.8) is 0 Å². The summed E-state index contributed by atoms with van der Waals surface area (Å²) in [5.74, 6) is -0.358. The Labute approximate surface area is 185 Å². The minimum atomic E-state index is -0.489. The van der Waals surface area contributed by atoms with Gasteiger partial charge >= 0.3 is 0 Å². The van der Waals surface area contributed by atoms with Crippen molar-refractivity contribution in [2.45, 2.75) is 27.7 Å². The molecule has 4 rings (SSSR count). The summed E-state index contributed by atoms with van der Waals surface area (Å²) < 4.78 is 5.27. The maximum absolute atomic E-state index is 13.1. The molecule has 1 aromatic carbocycles. The van der Waals surface area contributed by atoms with E-state index >= 15 is 0 Å². The van der Waals surface area contributed by atoms with Crippen LogP contribution in [0.25, 0.3) is 11.3 Å². The van der Waals surface area contributed by atoms with Crippen molar-refractivity contribution >= 4 is 29.1 Å². The van der Waals surface area contributed by atoms with E-state index in [9.17, 15) is 9.59 Å². The zero-order valence-electron chi connectivity index (χ0n) is 17.7. The number of aliphatic imine (C=N–C) groups is 1. The van der Waals surface area contributed by atoms with Crippen molar-refractivity contribution < 1.29 is 14.1 Å². The van der Waals surface area contributed by atoms with Crippen LogP contribution in [0.4, 0.5) is 0 Å². The lowest BCUT2D eigenvalue weighted by atomic mass is 9.74. The fourth-order valence-corrected chi connectivity index (χ4v) is 4.00. The van der Waals surface area contributed by atoms with E-state index in [4.69, 9.17) is 16.1 Å². The van der Waals surface area contributed by atoms with Crippen molar-refractivity contribution in [1.29, 1.82) is 0 Å². The van der Waals surface area contributed by atoms with Gasteiger partial charge in [-0.3, -0.25) is 9.59 Å². The molecule has 0 radical (unpaired) electrons. The minimum absolute atomic E-state index is 0.0530. The first kappa shape index (κ1) is 21.0. The summed E-state index contributed by atoms with van der Waals surface area (Å²) in [6.07, 6.45) is 7.13. The first-order valence-corrected chi connectivity index (χ1v) is 10.3. The SMILES string of the molecule is Cc1onc(-c2ccccc2Cl)c1C(=O)N=C1C=CC2C(=C1)NC(=O)C=C2C(C)(C)C. The minimum Gasteiger partial charge on any atom is -0.360 e. The van der Waals surface area contributed by atoms with E-state index in [1.165, 1.54) is 0 Å². The highest BCUT2D eigenvalue weighted by molar-refractivity contribution is 6.33.